The zero-order valence-electron chi connectivity index (χ0n) is 12.9. The van der Waals surface area contributed by atoms with Crippen LogP contribution < -0.4 is 0 Å². The Morgan fingerprint density at radius 2 is 2.05 bits per heavy atom. The fraction of sp³-hybridized carbons (Fsp3) is 0.684. The molecule has 0 bridgehead atoms. The SMILES string of the molecule is CCCCC#C/C=C\CC1CCC/C1=C\CCCC. The lowest BCUT2D eigenvalue weighted by Gasteiger charge is -2.08. The first-order chi connectivity index (χ1) is 9.38. The van der Waals surface area contributed by atoms with Gasteiger partial charge in [-0.25, -0.2) is 0 Å². The third kappa shape index (κ3) is 7.26. The summed E-state index contributed by atoms with van der Waals surface area (Å²) in [6.07, 6.45) is 19.6. The third-order valence-corrected chi connectivity index (χ3v) is 3.89. The average molecular weight is 258 g/mol. The summed E-state index contributed by atoms with van der Waals surface area (Å²) in [5.74, 6) is 7.19. The van der Waals surface area contributed by atoms with E-state index in [9.17, 15) is 0 Å². The third-order valence-electron chi connectivity index (χ3n) is 3.89. The van der Waals surface area contributed by atoms with Gasteiger partial charge in [-0.15, -0.1) is 0 Å². The summed E-state index contributed by atoms with van der Waals surface area (Å²) in [7, 11) is 0. The van der Waals surface area contributed by atoms with E-state index in [0.717, 1.165) is 12.3 Å². The number of hydrogen-bond acceptors (Lipinski definition) is 0. The first-order valence-corrected chi connectivity index (χ1v) is 8.20. The van der Waals surface area contributed by atoms with Crippen molar-refractivity contribution in [1.82, 2.24) is 0 Å². The molecule has 0 spiro atoms. The van der Waals surface area contributed by atoms with Crippen LogP contribution in [0.25, 0.3) is 0 Å². The highest BCUT2D eigenvalue weighted by Gasteiger charge is 2.18. The molecule has 0 heteroatoms. The molecule has 0 heterocycles. The predicted octanol–water partition coefficient (Wildman–Crippen LogP) is 6.04. The lowest BCUT2D eigenvalue weighted by molar-refractivity contribution is 0.634. The van der Waals surface area contributed by atoms with E-state index in [4.69, 9.17) is 0 Å². The van der Waals surface area contributed by atoms with E-state index in [1.165, 1.54) is 57.8 Å². The van der Waals surface area contributed by atoms with E-state index in [0.29, 0.717) is 0 Å². The molecule has 19 heavy (non-hydrogen) atoms. The van der Waals surface area contributed by atoms with E-state index in [1.807, 2.05) is 0 Å². The van der Waals surface area contributed by atoms with Gasteiger partial charge in [0.1, 0.15) is 0 Å². The highest BCUT2D eigenvalue weighted by molar-refractivity contribution is 5.18. The van der Waals surface area contributed by atoms with Crippen molar-refractivity contribution in [3.05, 3.63) is 23.8 Å². The van der Waals surface area contributed by atoms with Crippen LogP contribution in [0.1, 0.15) is 78.1 Å². The molecule has 0 aliphatic heterocycles. The normalized spacial score (nSPS) is 20.9. The Labute approximate surface area is 120 Å². The maximum absolute atomic E-state index is 3.21. The summed E-state index contributed by atoms with van der Waals surface area (Å²) >= 11 is 0. The van der Waals surface area contributed by atoms with Gasteiger partial charge < -0.3 is 0 Å². The second-order valence-electron chi connectivity index (χ2n) is 5.57. The van der Waals surface area contributed by atoms with Crippen LogP contribution >= 0.6 is 0 Å². The molecule has 1 rings (SSSR count). The smallest absolute Gasteiger partial charge is 0.00921 e. The molecule has 1 fully saturated rings. The summed E-state index contributed by atoms with van der Waals surface area (Å²) in [4.78, 5) is 0. The second kappa shape index (κ2) is 10.9. The topological polar surface area (TPSA) is 0 Å². The Morgan fingerprint density at radius 3 is 2.84 bits per heavy atom. The molecule has 0 amide bonds. The van der Waals surface area contributed by atoms with Crippen molar-refractivity contribution in [3.63, 3.8) is 0 Å². The summed E-state index contributed by atoms with van der Waals surface area (Å²) in [6, 6.07) is 0. The minimum atomic E-state index is 0.811. The van der Waals surface area contributed by atoms with Gasteiger partial charge >= 0.3 is 0 Å². The largest absolute Gasteiger partial charge is 0.0985 e. The van der Waals surface area contributed by atoms with Gasteiger partial charge in [0.15, 0.2) is 0 Å². The predicted molar refractivity (Wildman–Crippen MR) is 86.0 cm³/mol. The molecule has 1 aliphatic carbocycles. The lowest BCUT2D eigenvalue weighted by Crippen LogP contribution is -1.94. The number of allylic oxidation sites excluding steroid dienone is 4. The molecular formula is C19H30. The van der Waals surface area contributed by atoms with Gasteiger partial charge in [-0.2, -0.15) is 0 Å². The zero-order valence-corrected chi connectivity index (χ0v) is 12.9. The minimum absolute atomic E-state index is 0.811. The molecule has 1 saturated carbocycles. The van der Waals surface area contributed by atoms with Crippen molar-refractivity contribution in [2.75, 3.05) is 0 Å². The highest BCUT2D eigenvalue weighted by atomic mass is 14.2. The Balaban J connectivity index is 2.28. The van der Waals surface area contributed by atoms with E-state index >= 15 is 0 Å². The molecule has 0 saturated heterocycles. The van der Waals surface area contributed by atoms with Crippen LogP contribution in [0.3, 0.4) is 0 Å². The van der Waals surface area contributed by atoms with Crippen molar-refractivity contribution in [2.24, 2.45) is 5.92 Å². The van der Waals surface area contributed by atoms with Gasteiger partial charge in [-0.3, -0.25) is 0 Å². The first-order valence-electron chi connectivity index (χ1n) is 8.20. The maximum atomic E-state index is 3.21. The molecule has 1 aliphatic rings. The van der Waals surface area contributed by atoms with Gasteiger partial charge in [0, 0.05) is 6.42 Å². The van der Waals surface area contributed by atoms with E-state index in [2.05, 4.69) is 43.9 Å². The molecule has 0 aromatic carbocycles. The molecule has 1 unspecified atom stereocenters. The minimum Gasteiger partial charge on any atom is -0.0985 e. The maximum Gasteiger partial charge on any atom is 0.00921 e. The average Bonchev–Trinajstić information content (AvgIpc) is 2.86. The van der Waals surface area contributed by atoms with Gasteiger partial charge in [-0.1, -0.05) is 62.7 Å². The Morgan fingerprint density at radius 1 is 1.21 bits per heavy atom. The van der Waals surface area contributed by atoms with Crippen molar-refractivity contribution in [1.29, 1.82) is 0 Å². The van der Waals surface area contributed by atoms with E-state index in [1.54, 1.807) is 5.57 Å². The van der Waals surface area contributed by atoms with Crippen LogP contribution in [-0.4, -0.2) is 0 Å². The molecule has 0 aromatic rings. The number of rotatable bonds is 7. The summed E-state index contributed by atoms with van der Waals surface area (Å²) < 4.78 is 0. The van der Waals surface area contributed by atoms with Gasteiger partial charge in [0.05, 0.1) is 0 Å². The molecule has 0 aromatic heterocycles. The molecular weight excluding hydrogens is 228 g/mol. The van der Waals surface area contributed by atoms with Crippen LogP contribution in [0, 0.1) is 17.8 Å². The van der Waals surface area contributed by atoms with Gasteiger partial charge in [-0.05, 0) is 50.5 Å². The monoisotopic (exact) mass is 258 g/mol. The fourth-order valence-electron chi connectivity index (χ4n) is 2.66. The van der Waals surface area contributed by atoms with Gasteiger partial charge in [0.2, 0.25) is 0 Å². The Bertz CT molecular complexity index is 335. The lowest BCUT2D eigenvalue weighted by atomic mass is 9.97. The Hall–Kier alpha value is -0.960. The summed E-state index contributed by atoms with van der Waals surface area (Å²) in [6.45, 7) is 4.48. The second-order valence-corrected chi connectivity index (χ2v) is 5.57. The summed E-state index contributed by atoms with van der Waals surface area (Å²) in [5, 5.41) is 0. The van der Waals surface area contributed by atoms with E-state index in [-0.39, 0.29) is 0 Å². The van der Waals surface area contributed by atoms with Crippen LogP contribution in [0.2, 0.25) is 0 Å². The molecule has 0 nitrogen and oxygen atoms in total. The van der Waals surface area contributed by atoms with Crippen LogP contribution in [0.5, 0.6) is 0 Å². The van der Waals surface area contributed by atoms with Crippen LogP contribution in [0.15, 0.2) is 23.8 Å². The van der Waals surface area contributed by atoms with Crippen molar-refractivity contribution >= 4 is 0 Å². The quantitative estimate of drug-likeness (QED) is 0.296. The van der Waals surface area contributed by atoms with Crippen LogP contribution in [-0.2, 0) is 0 Å². The number of unbranched alkanes of at least 4 members (excludes halogenated alkanes) is 4. The Kier molecular flexibility index (Phi) is 9.25. The van der Waals surface area contributed by atoms with Crippen LogP contribution in [0.4, 0.5) is 0 Å². The first kappa shape index (κ1) is 16.1. The van der Waals surface area contributed by atoms with E-state index < -0.39 is 0 Å². The molecule has 1 atom stereocenters. The van der Waals surface area contributed by atoms with Gasteiger partial charge in [0.25, 0.3) is 0 Å². The van der Waals surface area contributed by atoms with Crippen molar-refractivity contribution < 1.29 is 0 Å². The standard InChI is InChI=1S/C19H30/c1-3-5-7-8-9-10-12-15-19-17-13-16-18(19)14-11-6-4-2/h10,12,14,19H,3-7,11,13,15-17H2,1-2H3/b12-10-,18-14+. The summed E-state index contributed by atoms with van der Waals surface area (Å²) in [5.41, 5.74) is 1.72. The molecule has 0 N–H and O–H groups in total. The van der Waals surface area contributed by atoms with Crippen molar-refractivity contribution in [2.45, 2.75) is 78.1 Å². The fourth-order valence-corrected chi connectivity index (χ4v) is 2.66. The molecule has 106 valence electrons. The van der Waals surface area contributed by atoms with Crippen molar-refractivity contribution in [3.8, 4) is 11.8 Å². The number of hydrogen-bond donors (Lipinski definition) is 0. The zero-order chi connectivity index (χ0) is 13.8. The molecule has 0 radical (unpaired) electrons. The highest BCUT2D eigenvalue weighted by Crippen LogP contribution is 2.34.